The van der Waals surface area contributed by atoms with Gasteiger partial charge in [0.25, 0.3) is 0 Å². The summed E-state index contributed by atoms with van der Waals surface area (Å²) >= 11 is 0. The molecule has 4 heteroatoms. The zero-order valence-electron chi connectivity index (χ0n) is 11.0. The predicted octanol–water partition coefficient (Wildman–Crippen LogP) is 3.49. The van der Waals surface area contributed by atoms with E-state index in [0.717, 1.165) is 11.3 Å². The van der Waals surface area contributed by atoms with Crippen molar-refractivity contribution in [2.24, 2.45) is 0 Å². The normalized spacial score (nSPS) is 10.5. The Morgan fingerprint density at radius 3 is 2.37 bits per heavy atom. The van der Waals surface area contributed by atoms with Crippen molar-refractivity contribution in [3.8, 4) is 0 Å². The zero-order valence-corrected chi connectivity index (χ0v) is 11.0. The lowest BCUT2D eigenvalue weighted by Crippen LogP contribution is -2.18. The molecule has 2 rings (SSSR count). The summed E-state index contributed by atoms with van der Waals surface area (Å²) in [6, 6.07) is 9.32. The van der Waals surface area contributed by atoms with Crippen LogP contribution in [-0.2, 0) is 6.54 Å². The van der Waals surface area contributed by atoms with Crippen molar-refractivity contribution in [2.45, 2.75) is 13.5 Å². The predicted molar refractivity (Wildman–Crippen MR) is 74.1 cm³/mol. The first-order valence-corrected chi connectivity index (χ1v) is 5.98. The SMILES string of the molecule is Cc1cc(N(C)Cc2ccc(F)cc2)c(N)cc1F. The minimum absolute atomic E-state index is 0.261. The molecule has 0 saturated carbocycles. The molecule has 0 saturated heterocycles. The Hall–Kier alpha value is -2.10. The minimum Gasteiger partial charge on any atom is -0.397 e. The Labute approximate surface area is 111 Å². The van der Waals surface area contributed by atoms with E-state index in [1.165, 1.54) is 18.2 Å². The van der Waals surface area contributed by atoms with Crippen molar-refractivity contribution in [3.05, 3.63) is 59.2 Å². The number of nitrogens with two attached hydrogens (primary N) is 1. The molecule has 0 bridgehead atoms. The monoisotopic (exact) mass is 262 g/mol. The molecule has 0 aromatic heterocycles. The van der Waals surface area contributed by atoms with E-state index in [0.29, 0.717) is 17.8 Å². The standard InChI is InChI=1S/C15H16F2N2/c1-10-7-15(14(18)8-13(10)17)19(2)9-11-3-5-12(16)6-4-11/h3-8H,9,18H2,1-2H3. The second-order valence-corrected chi connectivity index (χ2v) is 4.64. The van der Waals surface area contributed by atoms with Crippen LogP contribution in [-0.4, -0.2) is 7.05 Å². The number of aryl methyl sites for hydroxylation is 1. The number of anilines is 2. The van der Waals surface area contributed by atoms with E-state index in [4.69, 9.17) is 5.73 Å². The third-order valence-corrected chi connectivity index (χ3v) is 3.05. The van der Waals surface area contributed by atoms with Gasteiger partial charge in [-0.1, -0.05) is 12.1 Å². The van der Waals surface area contributed by atoms with Gasteiger partial charge < -0.3 is 10.6 Å². The molecule has 0 unspecified atom stereocenters. The van der Waals surface area contributed by atoms with E-state index in [1.807, 2.05) is 11.9 Å². The highest BCUT2D eigenvalue weighted by atomic mass is 19.1. The summed E-state index contributed by atoms with van der Waals surface area (Å²) in [5.74, 6) is -0.569. The van der Waals surface area contributed by atoms with Crippen molar-refractivity contribution in [3.63, 3.8) is 0 Å². The first-order chi connectivity index (χ1) is 8.97. The maximum absolute atomic E-state index is 13.4. The van der Waals surface area contributed by atoms with E-state index < -0.39 is 0 Å². The minimum atomic E-state index is -0.309. The van der Waals surface area contributed by atoms with E-state index in [9.17, 15) is 8.78 Å². The highest BCUT2D eigenvalue weighted by Gasteiger charge is 2.09. The fraction of sp³-hybridized carbons (Fsp3) is 0.200. The molecule has 2 nitrogen and oxygen atoms in total. The van der Waals surface area contributed by atoms with Gasteiger partial charge in [-0.3, -0.25) is 0 Å². The van der Waals surface area contributed by atoms with Gasteiger partial charge >= 0.3 is 0 Å². The van der Waals surface area contributed by atoms with Crippen LogP contribution in [0.1, 0.15) is 11.1 Å². The Balaban J connectivity index is 2.22. The van der Waals surface area contributed by atoms with E-state index in [2.05, 4.69) is 0 Å². The summed E-state index contributed by atoms with van der Waals surface area (Å²) in [7, 11) is 1.87. The van der Waals surface area contributed by atoms with Gasteiger partial charge in [0, 0.05) is 13.6 Å². The lowest BCUT2D eigenvalue weighted by atomic mass is 10.1. The highest BCUT2D eigenvalue weighted by Crippen LogP contribution is 2.26. The summed E-state index contributed by atoms with van der Waals surface area (Å²) in [5, 5.41) is 0. The van der Waals surface area contributed by atoms with Gasteiger partial charge in [-0.05, 0) is 42.3 Å². The first-order valence-electron chi connectivity index (χ1n) is 5.98. The number of rotatable bonds is 3. The lowest BCUT2D eigenvalue weighted by molar-refractivity contribution is 0.619. The number of benzene rings is 2. The second kappa shape index (κ2) is 5.26. The van der Waals surface area contributed by atoms with Gasteiger partial charge in [0.2, 0.25) is 0 Å². The molecule has 0 heterocycles. The van der Waals surface area contributed by atoms with Crippen LogP contribution in [0.2, 0.25) is 0 Å². The fourth-order valence-corrected chi connectivity index (χ4v) is 1.96. The van der Waals surface area contributed by atoms with Crippen LogP contribution in [0.3, 0.4) is 0 Å². The van der Waals surface area contributed by atoms with Crippen molar-refractivity contribution in [2.75, 3.05) is 17.7 Å². The maximum Gasteiger partial charge on any atom is 0.128 e. The van der Waals surface area contributed by atoms with Gasteiger partial charge in [0.05, 0.1) is 11.4 Å². The molecule has 0 spiro atoms. The van der Waals surface area contributed by atoms with Crippen molar-refractivity contribution >= 4 is 11.4 Å². The van der Waals surface area contributed by atoms with E-state index in [-0.39, 0.29) is 11.6 Å². The molecule has 2 N–H and O–H groups in total. The van der Waals surface area contributed by atoms with Gasteiger partial charge in [-0.2, -0.15) is 0 Å². The van der Waals surface area contributed by atoms with Crippen molar-refractivity contribution < 1.29 is 8.78 Å². The van der Waals surface area contributed by atoms with Gasteiger partial charge in [-0.15, -0.1) is 0 Å². The van der Waals surface area contributed by atoms with Crippen molar-refractivity contribution in [1.29, 1.82) is 0 Å². The summed E-state index contributed by atoms with van der Waals surface area (Å²) < 4.78 is 26.2. The summed E-state index contributed by atoms with van der Waals surface area (Å²) in [4.78, 5) is 1.91. The quantitative estimate of drug-likeness (QED) is 0.858. The van der Waals surface area contributed by atoms with Crippen LogP contribution >= 0.6 is 0 Å². The number of nitrogens with zero attached hydrogens (tertiary/aromatic N) is 1. The third kappa shape index (κ3) is 3.02. The average Bonchev–Trinajstić information content (AvgIpc) is 2.36. The molecular formula is C15H16F2N2. The summed E-state index contributed by atoms with van der Waals surface area (Å²) in [6.45, 7) is 2.28. The van der Waals surface area contributed by atoms with Gasteiger partial charge in [0.1, 0.15) is 11.6 Å². The largest absolute Gasteiger partial charge is 0.397 e. The van der Waals surface area contributed by atoms with Crippen LogP contribution in [0.25, 0.3) is 0 Å². The fourth-order valence-electron chi connectivity index (χ4n) is 1.96. The Bertz CT molecular complexity index is 579. The first kappa shape index (κ1) is 13.3. The van der Waals surface area contributed by atoms with Crippen LogP contribution in [0, 0.1) is 18.6 Å². The molecule has 19 heavy (non-hydrogen) atoms. The molecule has 0 fully saturated rings. The molecule has 100 valence electrons. The Morgan fingerprint density at radius 1 is 1.11 bits per heavy atom. The molecule has 0 aliphatic rings. The smallest absolute Gasteiger partial charge is 0.128 e. The number of nitrogen functional groups attached to an aromatic ring is 1. The summed E-state index contributed by atoms with van der Waals surface area (Å²) in [6.07, 6.45) is 0. The Morgan fingerprint density at radius 2 is 1.74 bits per heavy atom. The number of hydrogen-bond donors (Lipinski definition) is 1. The number of halogens is 2. The van der Waals surface area contributed by atoms with Gasteiger partial charge in [-0.25, -0.2) is 8.78 Å². The molecule has 2 aromatic carbocycles. The molecule has 0 aliphatic heterocycles. The maximum atomic E-state index is 13.4. The van der Waals surface area contributed by atoms with E-state index in [1.54, 1.807) is 25.1 Å². The molecule has 0 aliphatic carbocycles. The number of hydrogen-bond acceptors (Lipinski definition) is 2. The van der Waals surface area contributed by atoms with Crippen LogP contribution in [0.5, 0.6) is 0 Å². The topological polar surface area (TPSA) is 29.3 Å². The van der Waals surface area contributed by atoms with Crippen LogP contribution < -0.4 is 10.6 Å². The van der Waals surface area contributed by atoms with E-state index >= 15 is 0 Å². The lowest BCUT2D eigenvalue weighted by Gasteiger charge is -2.22. The summed E-state index contributed by atoms with van der Waals surface area (Å²) in [5.41, 5.74) is 8.50. The second-order valence-electron chi connectivity index (χ2n) is 4.64. The molecule has 2 aromatic rings. The van der Waals surface area contributed by atoms with Crippen LogP contribution in [0.15, 0.2) is 36.4 Å². The molecule has 0 amide bonds. The highest BCUT2D eigenvalue weighted by molar-refractivity contribution is 5.68. The zero-order chi connectivity index (χ0) is 14.0. The average molecular weight is 262 g/mol. The molecular weight excluding hydrogens is 246 g/mol. The van der Waals surface area contributed by atoms with Gasteiger partial charge in [0.15, 0.2) is 0 Å². The molecule has 0 atom stereocenters. The third-order valence-electron chi connectivity index (χ3n) is 3.05. The Kier molecular flexibility index (Phi) is 3.69. The van der Waals surface area contributed by atoms with Crippen LogP contribution in [0.4, 0.5) is 20.2 Å². The van der Waals surface area contributed by atoms with Crippen molar-refractivity contribution in [1.82, 2.24) is 0 Å². The molecule has 0 radical (unpaired) electrons.